The van der Waals surface area contributed by atoms with E-state index in [1.54, 1.807) is 6.33 Å². The summed E-state index contributed by atoms with van der Waals surface area (Å²) in [5.41, 5.74) is 8.84. The number of nitrogens with zero attached hydrogens (tertiary/aromatic N) is 3. The van der Waals surface area contributed by atoms with Crippen LogP contribution in [0.5, 0.6) is 0 Å². The van der Waals surface area contributed by atoms with E-state index in [9.17, 15) is 0 Å². The quantitative estimate of drug-likeness (QED) is 0.442. The zero-order valence-corrected chi connectivity index (χ0v) is 16.8. The number of nitrogens with one attached hydrogen (secondary N) is 1. The van der Waals surface area contributed by atoms with Crippen LogP contribution in [0.2, 0.25) is 0 Å². The molecule has 0 amide bonds. The van der Waals surface area contributed by atoms with Crippen molar-refractivity contribution >= 4 is 21.8 Å². The van der Waals surface area contributed by atoms with Gasteiger partial charge in [0.1, 0.15) is 6.33 Å². The van der Waals surface area contributed by atoms with E-state index in [1.807, 2.05) is 12.4 Å². The van der Waals surface area contributed by atoms with Crippen molar-refractivity contribution in [2.24, 2.45) is 0 Å². The molecule has 0 bridgehead atoms. The summed E-state index contributed by atoms with van der Waals surface area (Å²) in [4.78, 5) is 14.3. The highest BCUT2D eigenvalue weighted by molar-refractivity contribution is 5.84. The third-order valence-corrected chi connectivity index (χ3v) is 6.27. The largest absolute Gasteiger partial charge is 0.361 e. The SMILES string of the molecule is CN1Cc2cc(-c3ccc4ncncc4c3)ccc2C(c2ccc3cc[nH]c3c2)C1. The van der Waals surface area contributed by atoms with Crippen molar-refractivity contribution in [3.8, 4) is 11.1 Å². The Morgan fingerprint density at radius 3 is 2.80 bits per heavy atom. The minimum absolute atomic E-state index is 0.380. The molecule has 0 aliphatic carbocycles. The van der Waals surface area contributed by atoms with Gasteiger partial charge < -0.3 is 9.88 Å². The van der Waals surface area contributed by atoms with Crippen molar-refractivity contribution in [3.05, 3.63) is 96.1 Å². The van der Waals surface area contributed by atoms with Crippen LogP contribution < -0.4 is 0 Å². The maximum atomic E-state index is 4.34. The molecule has 0 saturated heterocycles. The normalized spacial score (nSPS) is 16.8. The molecule has 4 heteroatoms. The minimum atomic E-state index is 0.380. The van der Waals surface area contributed by atoms with Crippen molar-refractivity contribution in [1.82, 2.24) is 19.9 Å². The molecule has 1 atom stereocenters. The fourth-order valence-corrected chi connectivity index (χ4v) is 4.76. The third kappa shape index (κ3) is 2.88. The highest BCUT2D eigenvalue weighted by Gasteiger charge is 2.25. The lowest BCUT2D eigenvalue weighted by atomic mass is 9.83. The molecule has 1 N–H and O–H groups in total. The summed E-state index contributed by atoms with van der Waals surface area (Å²) in [7, 11) is 2.21. The number of aromatic amines is 1. The van der Waals surface area contributed by atoms with Crippen LogP contribution in [0, 0.1) is 0 Å². The van der Waals surface area contributed by atoms with E-state index in [4.69, 9.17) is 0 Å². The van der Waals surface area contributed by atoms with Crippen LogP contribution in [0.3, 0.4) is 0 Å². The summed E-state index contributed by atoms with van der Waals surface area (Å²) in [6, 6.07) is 22.3. The van der Waals surface area contributed by atoms with Gasteiger partial charge in [0, 0.05) is 42.3 Å². The maximum absolute atomic E-state index is 4.34. The third-order valence-electron chi connectivity index (χ3n) is 6.27. The second-order valence-corrected chi connectivity index (χ2v) is 8.28. The van der Waals surface area contributed by atoms with Gasteiger partial charge in [-0.2, -0.15) is 0 Å². The van der Waals surface area contributed by atoms with E-state index in [0.717, 1.165) is 24.0 Å². The van der Waals surface area contributed by atoms with Gasteiger partial charge in [-0.1, -0.05) is 30.3 Å². The average molecular weight is 390 g/mol. The molecule has 6 rings (SSSR count). The summed E-state index contributed by atoms with van der Waals surface area (Å²) >= 11 is 0. The van der Waals surface area contributed by atoms with Crippen LogP contribution in [0.4, 0.5) is 0 Å². The molecular weight excluding hydrogens is 368 g/mol. The zero-order chi connectivity index (χ0) is 20.1. The molecule has 1 aliphatic rings. The Morgan fingerprint density at radius 2 is 1.83 bits per heavy atom. The number of benzene rings is 3. The van der Waals surface area contributed by atoms with E-state index < -0.39 is 0 Å². The Hall–Kier alpha value is -3.50. The predicted molar refractivity (Wildman–Crippen MR) is 121 cm³/mol. The van der Waals surface area contributed by atoms with Crippen LogP contribution >= 0.6 is 0 Å². The first-order valence-electron chi connectivity index (χ1n) is 10.3. The molecule has 0 fully saturated rings. The zero-order valence-electron chi connectivity index (χ0n) is 16.8. The van der Waals surface area contributed by atoms with Crippen LogP contribution in [0.15, 0.2) is 79.4 Å². The van der Waals surface area contributed by atoms with Gasteiger partial charge in [-0.3, -0.25) is 0 Å². The van der Waals surface area contributed by atoms with Gasteiger partial charge >= 0.3 is 0 Å². The lowest BCUT2D eigenvalue weighted by Gasteiger charge is -2.33. The molecule has 0 saturated carbocycles. The topological polar surface area (TPSA) is 44.8 Å². The highest BCUT2D eigenvalue weighted by atomic mass is 15.1. The van der Waals surface area contributed by atoms with Gasteiger partial charge in [0.15, 0.2) is 0 Å². The second kappa shape index (κ2) is 6.78. The fraction of sp³-hybridized carbons (Fsp3) is 0.154. The molecule has 1 unspecified atom stereocenters. The van der Waals surface area contributed by atoms with Gasteiger partial charge in [-0.05, 0) is 70.6 Å². The Morgan fingerprint density at radius 1 is 0.933 bits per heavy atom. The standard InChI is InChI=1S/C26H22N4/c1-30-14-22-11-18(19-5-7-25-21(10-19)13-27-16-29-25)4-6-23(22)24(15-30)20-3-2-17-8-9-28-26(17)12-20/h2-13,16,24,28H,14-15H2,1H3. The molecule has 4 nitrogen and oxygen atoms in total. The summed E-state index contributed by atoms with van der Waals surface area (Å²) in [6.45, 7) is 2.01. The van der Waals surface area contributed by atoms with Crippen molar-refractivity contribution in [2.75, 3.05) is 13.6 Å². The van der Waals surface area contributed by atoms with Crippen molar-refractivity contribution in [1.29, 1.82) is 0 Å². The number of hydrogen-bond acceptors (Lipinski definition) is 3. The Balaban J connectivity index is 1.43. The van der Waals surface area contributed by atoms with E-state index in [-0.39, 0.29) is 0 Å². The molecular formula is C26H22N4. The average Bonchev–Trinajstić information content (AvgIpc) is 3.25. The van der Waals surface area contributed by atoms with Gasteiger partial charge in [-0.25, -0.2) is 9.97 Å². The molecule has 3 heterocycles. The van der Waals surface area contributed by atoms with Crippen LogP contribution in [0.1, 0.15) is 22.6 Å². The molecule has 30 heavy (non-hydrogen) atoms. The van der Waals surface area contributed by atoms with Gasteiger partial charge in [0.05, 0.1) is 5.52 Å². The second-order valence-electron chi connectivity index (χ2n) is 8.28. The molecule has 0 spiro atoms. The Kier molecular flexibility index (Phi) is 3.93. The maximum Gasteiger partial charge on any atom is 0.116 e. The van der Waals surface area contributed by atoms with E-state index >= 15 is 0 Å². The van der Waals surface area contributed by atoms with E-state index in [2.05, 4.69) is 87.6 Å². The lowest BCUT2D eigenvalue weighted by Crippen LogP contribution is -2.31. The number of H-pyrrole nitrogens is 1. The number of likely N-dealkylation sites (N-methyl/N-ethyl adjacent to an activating group) is 1. The summed E-state index contributed by atoms with van der Waals surface area (Å²) in [5.74, 6) is 0.380. The lowest BCUT2D eigenvalue weighted by molar-refractivity contribution is 0.295. The van der Waals surface area contributed by atoms with Gasteiger partial charge in [0.25, 0.3) is 0 Å². The summed E-state index contributed by atoms with van der Waals surface area (Å²) < 4.78 is 0. The van der Waals surface area contributed by atoms with Crippen molar-refractivity contribution < 1.29 is 0 Å². The fourth-order valence-electron chi connectivity index (χ4n) is 4.76. The van der Waals surface area contributed by atoms with Gasteiger partial charge in [0.2, 0.25) is 0 Å². The van der Waals surface area contributed by atoms with Gasteiger partial charge in [-0.15, -0.1) is 0 Å². The number of fused-ring (bicyclic) bond motifs is 3. The van der Waals surface area contributed by atoms with Crippen molar-refractivity contribution in [2.45, 2.75) is 12.5 Å². The number of rotatable bonds is 2. The predicted octanol–water partition coefficient (Wildman–Crippen LogP) is 5.36. The highest BCUT2D eigenvalue weighted by Crippen LogP contribution is 2.36. The van der Waals surface area contributed by atoms with E-state index in [1.165, 1.54) is 38.7 Å². The van der Waals surface area contributed by atoms with E-state index in [0.29, 0.717) is 5.92 Å². The molecule has 2 aromatic heterocycles. The van der Waals surface area contributed by atoms with Crippen LogP contribution in [0.25, 0.3) is 32.9 Å². The molecule has 0 radical (unpaired) electrons. The first kappa shape index (κ1) is 17.4. The Labute approximate surface area is 175 Å². The molecule has 3 aromatic carbocycles. The summed E-state index contributed by atoms with van der Waals surface area (Å²) in [5, 5.41) is 2.33. The van der Waals surface area contributed by atoms with Crippen LogP contribution in [-0.4, -0.2) is 33.4 Å². The first-order chi connectivity index (χ1) is 14.7. The number of aromatic nitrogens is 3. The Bertz CT molecular complexity index is 1380. The smallest absolute Gasteiger partial charge is 0.116 e. The first-order valence-corrected chi connectivity index (χ1v) is 10.3. The minimum Gasteiger partial charge on any atom is -0.361 e. The van der Waals surface area contributed by atoms with Crippen LogP contribution in [-0.2, 0) is 6.54 Å². The summed E-state index contributed by atoms with van der Waals surface area (Å²) in [6.07, 6.45) is 5.49. The van der Waals surface area contributed by atoms with Crippen molar-refractivity contribution in [3.63, 3.8) is 0 Å². The molecule has 1 aliphatic heterocycles. The monoisotopic (exact) mass is 390 g/mol. The molecule has 5 aromatic rings. The molecule has 146 valence electrons. The number of hydrogen-bond donors (Lipinski definition) is 1.